The number of nitrogens with one attached hydrogen (secondary N) is 1. The Labute approximate surface area is 101 Å². The molecule has 0 saturated carbocycles. The largest absolute Gasteiger partial charge is 0.328 e. The molecule has 1 rings (SSSR count). The monoisotopic (exact) mass is 238 g/mol. The van der Waals surface area contributed by atoms with E-state index in [1.807, 2.05) is 6.92 Å². The summed E-state index contributed by atoms with van der Waals surface area (Å²) in [6.07, 6.45) is 1.98. The molecule has 0 bridgehead atoms. The van der Waals surface area contributed by atoms with Crippen LogP contribution in [-0.2, 0) is 4.79 Å². The lowest BCUT2D eigenvalue weighted by Gasteiger charge is -2.09. The van der Waals surface area contributed by atoms with Crippen molar-refractivity contribution >= 4 is 11.6 Å². The van der Waals surface area contributed by atoms with Crippen molar-refractivity contribution in [2.45, 2.75) is 39.2 Å². The van der Waals surface area contributed by atoms with Gasteiger partial charge in [-0.2, -0.15) is 0 Å². The van der Waals surface area contributed by atoms with Crippen LogP contribution in [0.15, 0.2) is 18.2 Å². The van der Waals surface area contributed by atoms with Crippen LogP contribution in [0.3, 0.4) is 0 Å². The number of benzene rings is 1. The van der Waals surface area contributed by atoms with Crippen LogP contribution in [0.4, 0.5) is 10.1 Å². The third-order valence-corrected chi connectivity index (χ3v) is 2.61. The summed E-state index contributed by atoms with van der Waals surface area (Å²) in [6, 6.07) is 4.77. The van der Waals surface area contributed by atoms with Crippen molar-refractivity contribution in [2.75, 3.05) is 5.32 Å². The standard InChI is InChI=1S/C13H19FN2O/c1-9(15)5-3-8-13(17)16-12-7-4-6-11(14)10(12)2/h4,6-7,9H,3,5,8,15H2,1-2H3,(H,16,17). The minimum Gasteiger partial charge on any atom is -0.328 e. The number of carbonyl (C=O) groups is 1. The van der Waals surface area contributed by atoms with Gasteiger partial charge in [0.2, 0.25) is 5.91 Å². The van der Waals surface area contributed by atoms with Gasteiger partial charge in [0.1, 0.15) is 5.82 Å². The fraction of sp³-hybridized carbons (Fsp3) is 0.462. The zero-order valence-electron chi connectivity index (χ0n) is 10.3. The molecule has 0 heterocycles. The van der Waals surface area contributed by atoms with Crippen LogP contribution >= 0.6 is 0 Å². The van der Waals surface area contributed by atoms with Crippen LogP contribution in [0.5, 0.6) is 0 Å². The molecule has 94 valence electrons. The van der Waals surface area contributed by atoms with Crippen LogP contribution < -0.4 is 11.1 Å². The Hall–Kier alpha value is -1.42. The number of hydrogen-bond acceptors (Lipinski definition) is 2. The number of nitrogens with two attached hydrogens (primary N) is 1. The maximum atomic E-state index is 13.2. The van der Waals surface area contributed by atoms with E-state index < -0.39 is 0 Å². The summed E-state index contributed by atoms with van der Waals surface area (Å²) in [7, 11) is 0. The number of amides is 1. The molecular weight excluding hydrogens is 219 g/mol. The van der Waals surface area contributed by atoms with Gasteiger partial charge in [0.05, 0.1) is 0 Å². The van der Waals surface area contributed by atoms with Crippen molar-refractivity contribution in [3.8, 4) is 0 Å². The maximum Gasteiger partial charge on any atom is 0.224 e. The molecule has 0 spiro atoms. The van der Waals surface area contributed by atoms with Crippen molar-refractivity contribution in [3.05, 3.63) is 29.6 Å². The lowest BCUT2D eigenvalue weighted by molar-refractivity contribution is -0.116. The summed E-state index contributed by atoms with van der Waals surface area (Å²) in [5, 5.41) is 2.71. The Balaban J connectivity index is 2.48. The normalized spacial score (nSPS) is 12.2. The molecule has 3 nitrogen and oxygen atoms in total. The molecule has 4 heteroatoms. The third-order valence-electron chi connectivity index (χ3n) is 2.61. The highest BCUT2D eigenvalue weighted by molar-refractivity contribution is 5.91. The highest BCUT2D eigenvalue weighted by Crippen LogP contribution is 2.17. The summed E-state index contributed by atoms with van der Waals surface area (Å²) in [5.41, 5.74) is 6.60. The number of rotatable bonds is 5. The van der Waals surface area contributed by atoms with Gasteiger partial charge in [0.25, 0.3) is 0 Å². The molecule has 17 heavy (non-hydrogen) atoms. The predicted molar refractivity (Wildman–Crippen MR) is 67.3 cm³/mol. The van der Waals surface area contributed by atoms with Gasteiger partial charge < -0.3 is 11.1 Å². The molecule has 0 aromatic heterocycles. The zero-order valence-corrected chi connectivity index (χ0v) is 10.3. The van der Waals surface area contributed by atoms with E-state index in [0.717, 1.165) is 12.8 Å². The van der Waals surface area contributed by atoms with Gasteiger partial charge in [0, 0.05) is 23.7 Å². The van der Waals surface area contributed by atoms with Crippen molar-refractivity contribution in [1.82, 2.24) is 0 Å². The Morgan fingerprint density at radius 3 is 2.88 bits per heavy atom. The van der Waals surface area contributed by atoms with Gasteiger partial charge in [-0.3, -0.25) is 4.79 Å². The molecule has 3 N–H and O–H groups in total. The van der Waals surface area contributed by atoms with E-state index in [0.29, 0.717) is 17.7 Å². The second-order valence-corrected chi connectivity index (χ2v) is 4.33. The highest BCUT2D eigenvalue weighted by Gasteiger charge is 2.07. The van der Waals surface area contributed by atoms with Crippen molar-refractivity contribution in [3.63, 3.8) is 0 Å². The first kappa shape index (κ1) is 13.6. The average Bonchev–Trinajstić information content (AvgIpc) is 2.24. The van der Waals surface area contributed by atoms with E-state index in [1.165, 1.54) is 6.07 Å². The second-order valence-electron chi connectivity index (χ2n) is 4.33. The first-order chi connectivity index (χ1) is 8.00. The van der Waals surface area contributed by atoms with E-state index >= 15 is 0 Å². The fourth-order valence-corrected chi connectivity index (χ4v) is 1.54. The molecule has 1 aromatic carbocycles. The number of anilines is 1. The smallest absolute Gasteiger partial charge is 0.224 e. The SMILES string of the molecule is Cc1c(F)cccc1NC(=O)CCCC(C)N. The molecule has 0 aliphatic heterocycles. The van der Waals surface area contributed by atoms with Crippen LogP contribution in [-0.4, -0.2) is 11.9 Å². The van der Waals surface area contributed by atoms with Crippen molar-refractivity contribution in [1.29, 1.82) is 0 Å². The second kappa shape index (κ2) is 6.35. The topological polar surface area (TPSA) is 55.1 Å². The van der Waals surface area contributed by atoms with E-state index in [4.69, 9.17) is 5.73 Å². The molecule has 0 aliphatic rings. The predicted octanol–water partition coefficient (Wildman–Crippen LogP) is 2.59. The first-order valence-corrected chi connectivity index (χ1v) is 5.81. The van der Waals surface area contributed by atoms with E-state index in [-0.39, 0.29) is 17.8 Å². The third kappa shape index (κ3) is 4.53. The first-order valence-electron chi connectivity index (χ1n) is 5.81. The Bertz CT molecular complexity index is 391. The lowest BCUT2D eigenvalue weighted by atomic mass is 10.1. The lowest BCUT2D eigenvalue weighted by Crippen LogP contribution is -2.17. The number of carbonyl (C=O) groups excluding carboxylic acids is 1. The van der Waals surface area contributed by atoms with Crippen molar-refractivity contribution < 1.29 is 9.18 Å². The van der Waals surface area contributed by atoms with Gasteiger partial charge in [-0.25, -0.2) is 4.39 Å². The van der Waals surface area contributed by atoms with Gasteiger partial charge in [0.15, 0.2) is 0 Å². The molecule has 1 unspecified atom stereocenters. The van der Waals surface area contributed by atoms with Crippen LogP contribution in [0.1, 0.15) is 31.7 Å². The highest BCUT2D eigenvalue weighted by atomic mass is 19.1. The quantitative estimate of drug-likeness (QED) is 0.828. The number of hydrogen-bond donors (Lipinski definition) is 2. The van der Waals surface area contributed by atoms with Crippen molar-refractivity contribution in [2.24, 2.45) is 5.73 Å². The van der Waals surface area contributed by atoms with Gasteiger partial charge in [-0.1, -0.05) is 6.07 Å². The van der Waals surface area contributed by atoms with Crippen LogP contribution in [0, 0.1) is 12.7 Å². The minimum absolute atomic E-state index is 0.0978. The maximum absolute atomic E-state index is 13.2. The van der Waals surface area contributed by atoms with Crippen LogP contribution in [0.25, 0.3) is 0 Å². The Morgan fingerprint density at radius 2 is 2.24 bits per heavy atom. The summed E-state index contributed by atoms with van der Waals surface area (Å²) in [4.78, 5) is 11.6. The minimum atomic E-state index is -0.307. The summed E-state index contributed by atoms with van der Waals surface area (Å²) >= 11 is 0. The molecule has 0 radical (unpaired) electrons. The molecule has 1 aromatic rings. The van der Waals surface area contributed by atoms with Gasteiger partial charge >= 0.3 is 0 Å². The average molecular weight is 238 g/mol. The Morgan fingerprint density at radius 1 is 1.53 bits per heavy atom. The van der Waals surface area contributed by atoms with E-state index in [1.54, 1.807) is 19.1 Å². The Kier molecular flexibility index (Phi) is 5.10. The summed E-state index contributed by atoms with van der Waals surface area (Å²) in [5.74, 6) is -0.405. The zero-order chi connectivity index (χ0) is 12.8. The number of halogens is 1. The molecule has 0 aliphatic carbocycles. The summed E-state index contributed by atoms with van der Waals surface area (Å²) in [6.45, 7) is 3.56. The molecule has 0 fully saturated rings. The van der Waals surface area contributed by atoms with Gasteiger partial charge in [-0.05, 0) is 38.8 Å². The van der Waals surface area contributed by atoms with Gasteiger partial charge in [-0.15, -0.1) is 0 Å². The molecular formula is C13H19FN2O. The fourth-order valence-electron chi connectivity index (χ4n) is 1.54. The molecule has 1 amide bonds. The molecule has 0 saturated heterocycles. The van der Waals surface area contributed by atoms with Crippen LogP contribution in [0.2, 0.25) is 0 Å². The van der Waals surface area contributed by atoms with E-state index in [2.05, 4.69) is 5.32 Å². The molecule has 1 atom stereocenters. The van der Waals surface area contributed by atoms with E-state index in [9.17, 15) is 9.18 Å². The summed E-state index contributed by atoms with van der Waals surface area (Å²) < 4.78 is 13.2.